The maximum Gasteiger partial charge on any atom is 0.273 e. The molecule has 0 aromatic carbocycles. The summed E-state index contributed by atoms with van der Waals surface area (Å²) in [4.78, 5) is 0. The fourth-order valence-corrected chi connectivity index (χ4v) is 6.65. The quantitative estimate of drug-likeness (QED) is 0.117. The zero-order chi connectivity index (χ0) is 21.3. The summed E-state index contributed by atoms with van der Waals surface area (Å²) in [7, 11) is 0.116. The van der Waals surface area contributed by atoms with Gasteiger partial charge in [-0.25, -0.2) is 0 Å². The van der Waals surface area contributed by atoms with E-state index in [9.17, 15) is 0 Å². The third-order valence-corrected chi connectivity index (χ3v) is 8.75. The van der Waals surface area contributed by atoms with Crippen LogP contribution in [0.5, 0.6) is 0 Å². The number of methoxy groups -OCH3 is 1. The van der Waals surface area contributed by atoms with E-state index in [1.807, 2.05) is 0 Å². The lowest BCUT2D eigenvalue weighted by molar-refractivity contribution is -0.346. The molecule has 0 aromatic heterocycles. The normalized spacial score (nSPS) is 21.5. The fraction of sp³-hybridized carbons (Fsp3) is 1.00. The molecule has 1 heterocycles. The Balaban J connectivity index is 1.84. The first kappa shape index (κ1) is 27.1. The lowest BCUT2D eigenvalue weighted by atomic mass is 10.0. The molecule has 1 atom stereocenters. The SMILES string of the molecule is CCCCCCCCCCCCCCCCCCOC1(OC)CCC[Si](C)(C)O1. The molecule has 0 bridgehead atoms. The third-order valence-electron chi connectivity index (χ3n) is 6.32. The fourth-order valence-electron chi connectivity index (χ4n) is 4.44. The highest BCUT2D eigenvalue weighted by Gasteiger charge is 2.43. The molecule has 4 heteroatoms. The summed E-state index contributed by atoms with van der Waals surface area (Å²) in [6.07, 6.45) is 24.4. The molecule has 0 spiro atoms. The lowest BCUT2D eigenvalue weighted by Gasteiger charge is -2.42. The standard InChI is InChI=1S/C25H52O3Si/c1-5-6-7-8-9-10-11-12-13-14-15-16-17-18-19-20-23-27-25(26-2)22-21-24-29(3,4)28-25/h5-24H2,1-4H3. The van der Waals surface area contributed by atoms with E-state index in [4.69, 9.17) is 13.9 Å². The first-order valence-corrected chi connectivity index (χ1v) is 16.0. The zero-order valence-corrected chi connectivity index (χ0v) is 21.4. The maximum absolute atomic E-state index is 6.23. The van der Waals surface area contributed by atoms with Crippen molar-refractivity contribution < 1.29 is 13.9 Å². The molecule has 0 N–H and O–H groups in total. The summed E-state index contributed by atoms with van der Waals surface area (Å²) in [6.45, 7) is 7.58. The number of ether oxygens (including phenoxy) is 2. The van der Waals surface area contributed by atoms with Crippen LogP contribution >= 0.6 is 0 Å². The summed E-state index contributed by atoms with van der Waals surface area (Å²) in [5, 5.41) is 0. The summed E-state index contributed by atoms with van der Waals surface area (Å²) in [5.41, 5.74) is 0. The van der Waals surface area contributed by atoms with Crippen LogP contribution in [-0.4, -0.2) is 28.0 Å². The van der Waals surface area contributed by atoms with E-state index in [2.05, 4.69) is 20.0 Å². The smallest absolute Gasteiger partial charge is 0.273 e. The van der Waals surface area contributed by atoms with E-state index in [0.29, 0.717) is 0 Å². The summed E-state index contributed by atoms with van der Waals surface area (Å²) in [6, 6.07) is 1.21. The Labute approximate surface area is 183 Å². The molecule has 0 aromatic rings. The highest BCUT2D eigenvalue weighted by atomic mass is 28.4. The number of hydrogen-bond acceptors (Lipinski definition) is 3. The molecule has 1 saturated heterocycles. The lowest BCUT2D eigenvalue weighted by Crippen LogP contribution is -2.51. The van der Waals surface area contributed by atoms with Gasteiger partial charge in [-0.1, -0.05) is 103 Å². The van der Waals surface area contributed by atoms with E-state index >= 15 is 0 Å². The molecule has 1 unspecified atom stereocenters. The molecule has 0 saturated carbocycles. The van der Waals surface area contributed by atoms with Crippen LogP contribution in [0.25, 0.3) is 0 Å². The predicted octanol–water partition coefficient (Wildman–Crippen LogP) is 8.58. The first-order valence-electron chi connectivity index (χ1n) is 12.9. The molecule has 1 aliphatic heterocycles. The van der Waals surface area contributed by atoms with Gasteiger partial charge in [0.1, 0.15) is 0 Å². The number of unbranched alkanes of at least 4 members (excludes halogenated alkanes) is 15. The van der Waals surface area contributed by atoms with Crippen molar-refractivity contribution in [1.82, 2.24) is 0 Å². The van der Waals surface area contributed by atoms with Crippen molar-refractivity contribution in [2.75, 3.05) is 13.7 Å². The van der Waals surface area contributed by atoms with Crippen LogP contribution in [0.3, 0.4) is 0 Å². The summed E-state index contributed by atoms with van der Waals surface area (Å²) < 4.78 is 17.9. The Kier molecular flexibility index (Phi) is 15.7. The van der Waals surface area contributed by atoms with Gasteiger partial charge in [0.05, 0.1) is 6.61 Å². The van der Waals surface area contributed by atoms with Gasteiger partial charge in [0, 0.05) is 13.5 Å². The highest BCUT2D eigenvalue weighted by molar-refractivity contribution is 6.71. The molecule has 0 amide bonds. The molecule has 1 fully saturated rings. The maximum atomic E-state index is 6.23. The second kappa shape index (κ2) is 16.7. The predicted molar refractivity (Wildman–Crippen MR) is 128 cm³/mol. The van der Waals surface area contributed by atoms with Crippen molar-refractivity contribution in [1.29, 1.82) is 0 Å². The molecule has 1 aliphatic rings. The van der Waals surface area contributed by atoms with Crippen LogP contribution in [0.15, 0.2) is 0 Å². The van der Waals surface area contributed by atoms with Gasteiger partial charge in [0.15, 0.2) is 8.32 Å². The zero-order valence-electron chi connectivity index (χ0n) is 20.4. The van der Waals surface area contributed by atoms with E-state index in [1.165, 1.54) is 102 Å². The van der Waals surface area contributed by atoms with Gasteiger partial charge in [0.25, 0.3) is 5.97 Å². The summed E-state index contributed by atoms with van der Waals surface area (Å²) in [5.74, 6) is -0.747. The van der Waals surface area contributed by atoms with E-state index in [-0.39, 0.29) is 0 Å². The van der Waals surface area contributed by atoms with Gasteiger partial charge >= 0.3 is 0 Å². The minimum Gasteiger partial charge on any atom is -0.369 e. The Bertz CT molecular complexity index is 375. The minimum atomic E-state index is -1.61. The van der Waals surface area contributed by atoms with E-state index in [0.717, 1.165) is 25.9 Å². The topological polar surface area (TPSA) is 27.7 Å². The Morgan fingerprint density at radius 1 is 0.724 bits per heavy atom. The molecule has 3 nitrogen and oxygen atoms in total. The van der Waals surface area contributed by atoms with Gasteiger partial charge in [0.2, 0.25) is 0 Å². The van der Waals surface area contributed by atoms with E-state index < -0.39 is 14.3 Å². The van der Waals surface area contributed by atoms with E-state index in [1.54, 1.807) is 7.11 Å². The van der Waals surface area contributed by atoms with Crippen molar-refractivity contribution in [3.8, 4) is 0 Å². The minimum absolute atomic E-state index is 0.747. The average Bonchev–Trinajstić information content (AvgIpc) is 2.69. The van der Waals surface area contributed by atoms with Crippen LogP contribution in [0.2, 0.25) is 19.1 Å². The van der Waals surface area contributed by atoms with Crippen molar-refractivity contribution >= 4 is 8.32 Å². The van der Waals surface area contributed by atoms with Crippen LogP contribution < -0.4 is 0 Å². The molecular weight excluding hydrogens is 376 g/mol. The molecule has 1 rings (SSSR count). The molecule has 0 aliphatic carbocycles. The highest BCUT2D eigenvalue weighted by Crippen LogP contribution is 2.35. The molecule has 0 radical (unpaired) electrons. The number of hydrogen-bond donors (Lipinski definition) is 0. The van der Waals surface area contributed by atoms with Gasteiger partial charge in [-0.2, -0.15) is 0 Å². The van der Waals surface area contributed by atoms with Crippen LogP contribution in [-0.2, 0) is 13.9 Å². The van der Waals surface area contributed by atoms with Crippen LogP contribution in [0.1, 0.15) is 122 Å². The van der Waals surface area contributed by atoms with Crippen molar-refractivity contribution in [3.05, 3.63) is 0 Å². The molecular formula is C25H52O3Si. The average molecular weight is 429 g/mol. The first-order chi connectivity index (χ1) is 14.0. The second-order valence-electron chi connectivity index (χ2n) is 9.75. The van der Waals surface area contributed by atoms with Gasteiger partial charge in [-0.3, -0.25) is 0 Å². The van der Waals surface area contributed by atoms with Crippen molar-refractivity contribution in [3.63, 3.8) is 0 Å². The molecule has 174 valence electrons. The number of rotatable bonds is 19. The van der Waals surface area contributed by atoms with Gasteiger partial charge < -0.3 is 13.9 Å². The van der Waals surface area contributed by atoms with Crippen molar-refractivity contribution in [2.45, 2.75) is 148 Å². The monoisotopic (exact) mass is 428 g/mol. The third kappa shape index (κ3) is 13.9. The second-order valence-corrected chi connectivity index (χ2v) is 14.0. The summed E-state index contributed by atoms with van der Waals surface area (Å²) >= 11 is 0. The van der Waals surface area contributed by atoms with Crippen LogP contribution in [0.4, 0.5) is 0 Å². The largest absolute Gasteiger partial charge is 0.369 e. The van der Waals surface area contributed by atoms with Crippen molar-refractivity contribution in [2.24, 2.45) is 0 Å². The van der Waals surface area contributed by atoms with Gasteiger partial charge in [-0.15, -0.1) is 0 Å². The van der Waals surface area contributed by atoms with Crippen LogP contribution in [0, 0.1) is 0 Å². The Morgan fingerprint density at radius 3 is 1.59 bits per heavy atom. The molecule has 29 heavy (non-hydrogen) atoms. The Morgan fingerprint density at radius 2 is 1.17 bits per heavy atom. The Hall–Kier alpha value is 0.0969. The van der Waals surface area contributed by atoms with Gasteiger partial charge in [-0.05, 0) is 32.0 Å².